The van der Waals surface area contributed by atoms with Gasteiger partial charge in [-0.1, -0.05) is 0 Å². The lowest BCUT2D eigenvalue weighted by molar-refractivity contribution is 0.0956. The van der Waals surface area contributed by atoms with Gasteiger partial charge < -0.3 is 15.0 Å². The third-order valence-electron chi connectivity index (χ3n) is 3.95. The van der Waals surface area contributed by atoms with Gasteiger partial charge in [0.25, 0.3) is 5.91 Å². The molecule has 0 radical (unpaired) electrons. The van der Waals surface area contributed by atoms with Crippen LogP contribution in [0.1, 0.15) is 30.0 Å². The van der Waals surface area contributed by atoms with E-state index in [2.05, 4.69) is 19.8 Å². The summed E-state index contributed by atoms with van der Waals surface area (Å²) in [6, 6.07) is 5.68. The van der Waals surface area contributed by atoms with Gasteiger partial charge in [0.15, 0.2) is 0 Å². The van der Waals surface area contributed by atoms with Crippen LogP contribution in [0, 0.1) is 0 Å². The van der Waals surface area contributed by atoms with Gasteiger partial charge in [0.1, 0.15) is 5.82 Å². The second-order valence-corrected chi connectivity index (χ2v) is 5.83. The quantitative estimate of drug-likeness (QED) is 0.883. The molecule has 0 spiro atoms. The number of carbonyl (C=O) groups excluding carboxylic acids is 1. The van der Waals surface area contributed by atoms with Crippen molar-refractivity contribution in [2.75, 3.05) is 19.6 Å². The molecule has 22 heavy (non-hydrogen) atoms. The minimum atomic E-state index is -0.333. The van der Waals surface area contributed by atoms with E-state index in [1.54, 1.807) is 6.92 Å². The van der Waals surface area contributed by atoms with Crippen LogP contribution in [0.4, 0.5) is 0 Å². The van der Waals surface area contributed by atoms with Crippen molar-refractivity contribution in [2.24, 2.45) is 0 Å². The first-order valence-electron chi connectivity index (χ1n) is 7.76. The summed E-state index contributed by atoms with van der Waals surface area (Å²) >= 11 is 0. The molecular formula is C16H22N4O2. The third-order valence-corrected chi connectivity index (χ3v) is 3.95. The molecule has 6 nitrogen and oxygen atoms in total. The number of nitrogens with one attached hydrogen (secondary N) is 1. The third kappa shape index (κ3) is 2.84. The summed E-state index contributed by atoms with van der Waals surface area (Å²) in [4.78, 5) is 18.8. The van der Waals surface area contributed by atoms with Crippen LogP contribution in [0.25, 0.3) is 11.0 Å². The van der Waals surface area contributed by atoms with Gasteiger partial charge in [0.2, 0.25) is 0 Å². The topological polar surface area (TPSA) is 70.4 Å². The first-order valence-corrected chi connectivity index (χ1v) is 7.76. The monoisotopic (exact) mass is 302 g/mol. The fourth-order valence-electron chi connectivity index (χ4n) is 3.00. The highest BCUT2D eigenvalue weighted by atomic mass is 16.3. The van der Waals surface area contributed by atoms with Crippen molar-refractivity contribution in [1.82, 2.24) is 19.8 Å². The molecule has 0 saturated carbocycles. The largest absolute Gasteiger partial charge is 0.392 e. The van der Waals surface area contributed by atoms with Crippen molar-refractivity contribution in [2.45, 2.75) is 33.0 Å². The summed E-state index contributed by atoms with van der Waals surface area (Å²) < 4.78 is 2.20. The fraction of sp³-hybridized carbons (Fsp3) is 0.500. The maximum Gasteiger partial charge on any atom is 0.251 e. The number of amides is 1. The first-order chi connectivity index (χ1) is 10.6. The molecule has 1 amide bonds. The number of nitrogens with zero attached hydrogens (tertiary/aromatic N) is 3. The van der Waals surface area contributed by atoms with Gasteiger partial charge in [-0.15, -0.1) is 0 Å². The highest BCUT2D eigenvalue weighted by Crippen LogP contribution is 2.22. The second-order valence-electron chi connectivity index (χ2n) is 5.83. The Hall–Kier alpha value is -1.92. The summed E-state index contributed by atoms with van der Waals surface area (Å²) in [6.07, 6.45) is -0.333. The molecule has 118 valence electrons. The lowest BCUT2D eigenvalue weighted by Crippen LogP contribution is -2.37. The van der Waals surface area contributed by atoms with Gasteiger partial charge in [0, 0.05) is 31.7 Å². The van der Waals surface area contributed by atoms with E-state index in [9.17, 15) is 9.90 Å². The molecule has 0 aliphatic carbocycles. The number of aromatic nitrogens is 2. The van der Waals surface area contributed by atoms with Crippen LogP contribution < -0.4 is 5.32 Å². The van der Waals surface area contributed by atoms with Gasteiger partial charge in [-0.05, 0) is 32.0 Å². The summed E-state index contributed by atoms with van der Waals surface area (Å²) in [5.74, 6) is 0.932. The van der Waals surface area contributed by atoms with Crippen LogP contribution in [-0.2, 0) is 13.1 Å². The summed E-state index contributed by atoms with van der Waals surface area (Å²) in [6.45, 7) is 7.48. The second kappa shape index (κ2) is 6.06. The van der Waals surface area contributed by atoms with Crippen molar-refractivity contribution >= 4 is 16.9 Å². The number of rotatable bonds is 4. The molecule has 1 aliphatic rings. The smallest absolute Gasteiger partial charge is 0.251 e. The Balaban J connectivity index is 1.89. The van der Waals surface area contributed by atoms with Gasteiger partial charge in [0.05, 0.1) is 23.7 Å². The average Bonchev–Trinajstić information content (AvgIpc) is 2.83. The highest BCUT2D eigenvalue weighted by molar-refractivity contribution is 5.97. The number of β-amino-alcohol motifs (C(OH)–C–C–N with tert-alkyl or cyclic N) is 1. The number of hydrogen-bond donors (Lipinski definition) is 2. The minimum absolute atomic E-state index is 0.0638. The van der Waals surface area contributed by atoms with Gasteiger partial charge in [-0.3, -0.25) is 9.69 Å². The van der Waals surface area contributed by atoms with E-state index >= 15 is 0 Å². The standard InChI is InChI=1S/C16H22N4O2/c1-3-17-16(22)12-4-5-14-13(8-12)18-15-10-19(9-11(2)21)6-7-20(14)15/h4-5,8,11,21H,3,6-7,9-10H2,1-2H3,(H,17,22)/t11-/m1/s1. The number of aliphatic hydroxyl groups is 1. The molecule has 0 bridgehead atoms. The normalized spacial score (nSPS) is 16.5. The predicted octanol–water partition coefficient (Wildman–Crippen LogP) is 0.982. The molecule has 0 unspecified atom stereocenters. The fourth-order valence-corrected chi connectivity index (χ4v) is 3.00. The van der Waals surface area contributed by atoms with Gasteiger partial charge in [-0.25, -0.2) is 4.98 Å². The number of aliphatic hydroxyl groups excluding tert-OH is 1. The van der Waals surface area contributed by atoms with Crippen molar-refractivity contribution in [1.29, 1.82) is 0 Å². The zero-order valence-electron chi connectivity index (χ0n) is 13.0. The van der Waals surface area contributed by atoms with E-state index in [1.165, 1.54) is 0 Å². The molecule has 1 aromatic heterocycles. The molecular weight excluding hydrogens is 280 g/mol. The van der Waals surface area contributed by atoms with Crippen LogP contribution in [-0.4, -0.2) is 51.2 Å². The Kier molecular flexibility index (Phi) is 4.13. The highest BCUT2D eigenvalue weighted by Gasteiger charge is 2.21. The van der Waals surface area contributed by atoms with E-state index in [4.69, 9.17) is 0 Å². The Bertz CT molecular complexity index is 693. The van der Waals surface area contributed by atoms with Crippen LogP contribution in [0.5, 0.6) is 0 Å². The van der Waals surface area contributed by atoms with Crippen molar-refractivity contribution in [3.8, 4) is 0 Å². The number of carbonyl (C=O) groups is 1. The molecule has 2 aromatic rings. The van der Waals surface area contributed by atoms with Gasteiger partial charge >= 0.3 is 0 Å². The Morgan fingerprint density at radius 2 is 2.27 bits per heavy atom. The molecule has 2 N–H and O–H groups in total. The molecule has 1 aliphatic heterocycles. The number of fused-ring (bicyclic) bond motifs is 3. The minimum Gasteiger partial charge on any atom is -0.392 e. The van der Waals surface area contributed by atoms with Crippen molar-refractivity contribution in [3.05, 3.63) is 29.6 Å². The maximum absolute atomic E-state index is 11.9. The summed E-state index contributed by atoms with van der Waals surface area (Å²) in [7, 11) is 0. The van der Waals surface area contributed by atoms with Gasteiger partial charge in [-0.2, -0.15) is 0 Å². The molecule has 0 fully saturated rings. The Labute approximate surface area is 129 Å². The van der Waals surface area contributed by atoms with Crippen LogP contribution >= 0.6 is 0 Å². The SMILES string of the molecule is CCNC(=O)c1ccc2c(c1)nc1n2CCN(C[C@@H](C)O)C1. The summed E-state index contributed by atoms with van der Waals surface area (Å²) in [5, 5.41) is 12.3. The molecule has 6 heteroatoms. The van der Waals surface area contributed by atoms with E-state index < -0.39 is 0 Å². The number of imidazole rings is 1. The molecule has 3 rings (SSSR count). The zero-order valence-corrected chi connectivity index (χ0v) is 13.0. The molecule has 1 atom stereocenters. The Morgan fingerprint density at radius 1 is 1.45 bits per heavy atom. The van der Waals surface area contributed by atoms with E-state index in [0.29, 0.717) is 18.7 Å². The van der Waals surface area contributed by atoms with Crippen LogP contribution in [0.15, 0.2) is 18.2 Å². The summed E-state index contributed by atoms with van der Waals surface area (Å²) in [5.41, 5.74) is 2.57. The lowest BCUT2D eigenvalue weighted by Gasteiger charge is -2.28. The first kappa shape index (κ1) is 15.0. The van der Waals surface area contributed by atoms with E-state index in [-0.39, 0.29) is 12.0 Å². The van der Waals surface area contributed by atoms with Crippen molar-refractivity contribution in [3.63, 3.8) is 0 Å². The Morgan fingerprint density at radius 3 is 3.00 bits per heavy atom. The molecule has 1 aromatic carbocycles. The predicted molar refractivity (Wildman–Crippen MR) is 84.7 cm³/mol. The molecule has 0 saturated heterocycles. The van der Waals surface area contributed by atoms with E-state index in [0.717, 1.165) is 36.5 Å². The van der Waals surface area contributed by atoms with E-state index in [1.807, 2.05) is 25.1 Å². The maximum atomic E-state index is 11.9. The number of benzene rings is 1. The van der Waals surface area contributed by atoms with Crippen LogP contribution in [0.3, 0.4) is 0 Å². The average molecular weight is 302 g/mol. The zero-order chi connectivity index (χ0) is 15.7. The molecule has 2 heterocycles. The number of hydrogen-bond acceptors (Lipinski definition) is 4. The van der Waals surface area contributed by atoms with Crippen molar-refractivity contribution < 1.29 is 9.90 Å². The lowest BCUT2D eigenvalue weighted by atomic mass is 10.2. The van der Waals surface area contributed by atoms with Crippen LogP contribution in [0.2, 0.25) is 0 Å².